The highest BCUT2D eigenvalue weighted by molar-refractivity contribution is 5.97. The normalized spacial score (nSPS) is 10.4. The number of aromatic amines is 1. The van der Waals surface area contributed by atoms with Crippen LogP contribution in [0, 0.1) is 0 Å². The maximum Gasteiger partial charge on any atom is 0.316 e. The first kappa shape index (κ1) is 15.8. The summed E-state index contributed by atoms with van der Waals surface area (Å²) in [6.45, 7) is 4.57. The zero-order chi connectivity index (χ0) is 15.3. The largest absolute Gasteiger partial charge is 0.395 e. The number of nitrogens with two attached hydrogens (primary N) is 1. The number of amides is 3. The van der Waals surface area contributed by atoms with Gasteiger partial charge in [0.1, 0.15) is 0 Å². The zero-order valence-corrected chi connectivity index (χ0v) is 12.3. The van der Waals surface area contributed by atoms with Crippen molar-refractivity contribution in [2.24, 2.45) is 0 Å². The SMILES string of the molecule is CC(C)c1[nH]nc(C(=O)NCCNC(=O)N(C)C)c1N. The van der Waals surface area contributed by atoms with Crippen molar-refractivity contribution in [2.45, 2.75) is 19.8 Å². The van der Waals surface area contributed by atoms with E-state index in [1.54, 1.807) is 14.1 Å². The summed E-state index contributed by atoms with van der Waals surface area (Å²) >= 11 is 0. The molecule has 1 heterocycles. The van der Waals surface area contributed by atoms with E-state index in [4.69, 9.17) is 5.73 Å². The van der Waals surface area contributed by atoms with Crippen molar-refractivity contribution in [1.29, 1.82) is 0 Å². The number of carbonyl (C=O) groups excluding carboxylic acids is 2. The Hall–Kier alpha value is -2.25. The van der Waals surface area contributed by atoms with E-state index in [0.717, 1.165) is 5.69 Å². The Morgan fingerprint density at radius 2 is 1.90 bits per heavy atom. The summed E-state index contributed by atoms with van der Waals surface area (Å²) < 4.78 is 0. The van der Waals surface area contributed by atoms with Crippen LogP contribution in [0.1, 0.15) is 35.9 Å². The maximum atomic E-state index is 11.9. The van der Waals surface area contributed by atoms with Crippen LogP contribution in [-0.2, 0) is 0 Å². The van der Waals surface area contributed by atoms with Gasteiger partial charge in [0.15, 0.2) is 5.69 Å². The minimum Gasteiger partial charge on any atom is -0.395 e. The van der Waals surface area contributed by atoms with Crippen LogP contribution >= 0.6 is 0 Å². The van der Waals surface area contributed by atoms with Gasteiger partial charge in [0, 0.05) is 27.2 Å². The fourth-order valence-electron chi connectivity index (χ4n) is 1.56. The molecule has 8 nitrogen and oxygen atoms in total. The van der Waals surface area contributed by atoms with Gasteiger partial charge in [-0.05, 0) is 5.92 Å². The van der Waals surface area contributed by atoms with Gasteiger partial charge in [-0.3, -0.25) is 9.89 Å². The van der Waals surface area contributed by atoms with Crippen LogP contribution in [0.2, 0.25) is 0 Å². The zero-order valence-electron chi connectivity index (χ0n) is 12.3. The molecule has 8 heteroatoms. The Kier molecular flexibility index (Phi) is 5.36. The van der Waals surface area contributed by atoms with Crippen LogP contribution in [0.4, 0.5) is 10.5 Å². The maximum absolute atomic E-state index is 11.9. The van der Waals surface area contributed by atoms with E-state index in [9.17, 15) is 9.59 Å². The van der Waals surface area contributed by atoms with Gasteiger partial charge in [0.25, 0.3) is 5.91 Å². The van der Waals surface area contributed by atoms with Gasteiger partial charge in [-0.2, -0.15) is 5.10 Å². The minimum atomic E-state index is -0.357. The van der Waals surface area contributed by atoms with Gasteiger partial charge in [-0.15, -0.1) is 0 Å². The van der Waals surface area contributed by atoms with Crippen molar-refractivity contribution in [1.82, 2.24) is 25.7 Å². The number of urea groups is 1. The summed E-state index contributed by atoms with van der Waals surface area (Å²) in [7, 11) is 3.29. The molecule has 5 N–H and O–H groups in total. The van der Waals surface area contributed by atoms with E-state index in [-0.39, 0.29) is 23.6 Å². The third-order valence-corrected chi connectivity index (χ3v) is 2.72. The molecule has 1 rings (SSSR count). The summed E-state index contributed by atoms with van der Waals surface area (Å²) in [5.41, 5.74) is 7.17. The lowest BCUT2D eigenvalue weighted by molar-refractivity contribution is 0.0949. The molecule has 0 aliphatic rings. The van der Waals surface area contributed by atoms with Gasteiger partial charge in [-0.25, -0.2) is 4.79 Å². The van der Waals surface area contributed by atoms with Crippen LogP contribution in [0.25, 0.3) is 0 Å². The van der Waals surface area contributed by atoms with Crippen LogP contribution in [0.3, 0.4) is 0 Å². The van der Waals surface area contributed by atoms with E-state index < -0.39 is 0 Å². The second-order valence-corrected chi connectivity index (χ2v) is 4.94. The lowest BCUT2D eigenvalue weighted by Gasteiger charge is -2.12. The minimum absolute atomic E-state index is 0.170. The Morgan fingerprint density at radius 3 is 2.40 bits per heavy atom. The molecule has 0 bridgehead atoms. The first-order chi connectivity index (χ1) is 9.34. The van der Waals surface area contributed by atoms with Crippen LogP contribution in [0.15, 0.2) is 0 Å². The molecular weight excluding hydrogens is 260 g/mol. The van der Waals surface area contributed by atoms with Gasteiger partial charge < -0.3 is 21.3 Å². The summed E-state index contributed by atoms with van der Waals surface area (Å²) in [5, 5.41) is 12.0. The van der Waals surface area contributed by atoms with Gasteiger partial charge in [-0.1, -0.05) is 13.8 Å². The molecule has 0 radical (unpaired) electrons. The molecule has 0 aromatic carbocycles. The molecule has 0 saturated heterocycles. The number of hydrogen-bond donors (Lipinski definition) is 4. The Labute approximate surface area is 118 Å². The molecule has 1 aromatic heterocycles. The van der Waals surface area contributed by atoms with Crippen molar-refractivity contribution in [3.63, 3.8) is 0 Å². The lowest BCUT2D eigenvalue weighted by Crippen LogP contribution is -2.39. The fraction of sp³-hybridized carbons (Fsp3) is 0.583. The predicted octanol–water partition coefficient (Wildman–Crippen LogP) is 0.116. The average molecular weight is 282 g/mol. The highest BCUT2D eigenvalue weighted by Crippen LogP contribution is 2.21. The van der Waals surface area contributed by atoms with Crippen LogP contribution in [0.5, 0.6) is 0 Å². The summed E-state index contributed by atoms with van der Waals surface area (Å²) in [6.07, 6.45) is 0. The molecule has 1 aromatic rings. The molecule has 0 fully saturated rings. The van der Waals surface area contributed by atoms with Crippen molar-refractivity contribution < 1.29 is 9.59 Å². The third kappa shape index (κ3) is 3.87. The predicted molar refractivity (Wildman–Crippen MR) is 76.5 cm³/mol. The number of nitrogens with zero attached hydrogens (tertiary/aromatic N) is 2. The third-order valence-electron chi connectivity index (χ3n) is 2.72. The first-order valence-corrected chi connectivity index (χ1v) is 6.41. The molecule has 0 aliphatic carbocycles. The molecule has 112 valence electrons. The van der Waals surface area contributed by atoms with Crippen LogP contribution in [-0.4, -0.2) is 54.2 Å². The smallest absolute Gasteiger partial charge is 0.316 e. The standard InChI is InChI=1S/C12H22N6O2/c1-7(2)9-8(13)10(17-16-9)11(19)14-5-6-15-12(20)18(3)4/h7H,5-6,13H2,1-4H3,(H,14,19)(H,15,20)(H,16,17). The molecular formula is C12H22N6O2. The number of nitrogens with one attached hydrogen (secondary N) is 3. The Bertz CT molecular complexity index is 480. The fourth-order valence-corrected chi connectivity index (χ4v) is 1.56. The Balaban J connectivity index is 2.46. The summed E-state index contributed by atoms with van der Waals surface area (Å²) in [6, 6.07) is -0.208. The molecule has 0 aliphatic heterocycles. The lowest BCUT2D eigenvalue weighted by atomic mass is 10.1. The number of H-pyrrole nitrogens is 1. The average Bonchev–Trinajstić information content (AvgIpc) is 2.75. The molecule has 3 amide bonds. The highest BCUT2D eigenvalue weighted by atomic mass is 16.2. The molecule has 0 spiro atoms. The van der Waals surface area contributed by atoms with E-state index in [2.05, 4.69) is 20.8 Å². The molecule has 0 unspecified atom stereocenters. The van der Waals surface area contributed by atoms with Crippen molar-refractivity contribution in [3.8, 4) is 0 Å². The number of hydrogen-bond acceptors (Lipinski definition) is 4. The second kappa shape index (κ2) is 6.78. The second-order valence-electron chi connectivity index (χ2n) is 4.94. The Morgan fingerprint density at radius 1 is 1.30 bits per heavy atom. The molecule has 20 heavy (non-hydrogen) atoms. The summed E-state index contributed by atoms with van der Waals surface area (Å²) in [5.74, 6) is -0.187. The number of rotatable bonds is 5. The van der Waals surface area contributed by atoms with E-state index in [1.165, 1.54) is 4.90 Å². The summed E-state index contributed by atoms with van der Waals surface area (Å²) in [4.78, 5) is 24.6. The molecule has 0 atom stereocenters. The number of nitrogen functional groups attached to an aromatic ring is 1. The van der Waals surface area contributed by atoms with E-state index in [0.29, 0.717) is 18.8 Å². The van der Waals surface area contributed by atoms with Gasteiger partial charge in [0.05, 0.1) is 11.4 Å². The van der Waals surface area contributed by atoms with Crippen molar-refractivity contribution in [3.05, 3.63) is 11.4 Å². The monoisotopic (exact) mass is 282 g/mol. The number of carbonyl (C=O) groups is 2. The number of anilines is 1. The van der Waals surface area contributed by atoms with E-state index >= 15 is 0 Å². The molecule has 0 saturated carbocycles. The van der Waals surface area contributed by atoms with Crippen molar-refractivity contribution >= 4 is 17.6 Å². The number of aromatic nitrogens is 2. The first-order valence-electron chi connectivity index (χ1n) is 6.41. The van der Waals surface area contributed by atoms with Crippen molar-refractivity contribution in [2.75, 3.05) is 32.9 Å². The van der Waals surface area contributed by atoms with E-state index in [1.807, 2.05) is 13.8 Å². The van der Waals surface area contributed by atoms with Gasteiger partial charge in [0.2, 0.25) is 0 Å². The quantitative estimate of drug-likeness (QED) is 0.574. The topological polar surface area (TPSA) is 116 Å². The van der Waals surface area contributed by atoms with Gasteiger partial charge >= 0.3 is 6.03 Å². The van der Waals surface area contributed by atoms with Crippen LogP contribution < -0.4 is 16.4 Å². The highest BCUT2D eigenvalue weighted by Gasteiger charge is 2.18.